The summed E-state index contributed by atoms with van der Waals surface area (Å²) in [5, 5.41) is 4.68. The lowest BCUT2D eigenvalue weighted by Crippen LogP contribution is -1.94. The van der Waals surface area contributed by atoms with Crippen molar-refractivity contribution in [3.8, 4) is 17.0 Å². The molecule has 0 fully saturated rings. The van der Waals surface area contributed by atoms with Gasteiger partial charge in [-0.15, -0.1) is 0 Å². The van der Waals surface area contributed by atoms with Crippen molar-refractivity contribution in [1.29, 1.82) is 0 Å². The lowest BCUT2D eigenvalue weighted by atomic mass is 10.1. The first-order valence-corrected chi connectivity index (χ1v) is 6.70. The maximum absolute atomic E-state index is 5.52. The predicted octanol–water partition coefficient (Wildman–Crippen LogP) is 4.03. The predicted molar refractivity (Wildman–Crippen MR) is 70.4 cm³/mol. The molecule has 0 atom stereocenters. The standard InChI is InChI=1S/C13H14BrNO2/c1-2-7-16-11-5-3-10(4-6-11)13-8-12(9-14)17-15-13/h3-6,8H,2,7,9H2,1H3. The minimum atomic E-state index is 0.678. The monoisotopic (exact) mass is 295 g/mol. The molecule has 0 bridgehead atoms. The second-order valence-corrected chi connectivity index (χ2v) is 4.25. The molecule has 0 saturated heterocycles. The smallest absolute Gasteiger partial charge is 0.147 e. The maximum atomic E-state index is 5.52. The van der Waals surface area contributed by atoms with Crippen LogP contribution in [-0.2, 0) is 5.33 Å². The average Bonchev–Trinajstić information content (AvgIpc) is 2.86. The summed E-state index contributed by atoms with van der Waals surface area (Å²) in [6.45, 7) is 2.84. The number of rotatable bonds is 5. The van der Waals surface area contributed by atoms with Gasteiger partial charge in [0.1, 0.15) is 17.2 Å². The van der Waals surface area contributed by atoms with E-state index in [4.69, 9.17) is 9.26 Å². The van der Waals surface area contributed by atoms with E-state index >= 15 is 0 Å². The molecule has 3 nitrogen and oxygen atoms in total. The summed E-state index contributed by atoms with van der Waals surface area (Å²) in [6.07, 6.45) is 1.01. The fraction of sp³-hybridized carbons (Fsp3) is 0.308. The Hall–Kier alpha value is -1.29. The molecular weight excluding hydrogens is 282 g/mol. The number of hydrogen-bond donors (Lipinski definition) is 0. The lowest BCUT2D eigenvalue weighted by Gasteiger charge is -2.04. The first-order valence-electron chi connectivity index (χ1n) is 5.58. The van der Waals surface area contributed by atoms with Crippen LogP contribution in [0.25, 0.3) is 11.3 Å². The van der Waals surface area contributed by atoms with Crippen LogP contribution < -0.4 is 4.74 Å². The van der Waals surface area contributed by atoms with Crippen molar-refractivity contribution in [1.82, 2.24) is 5.16 Å². The Morgan fingerprint density at radius 2 is 2.06 bits per heavy atom. The molecule has 0 aliphatic rings. The third-order valence-electron chi connectivity index (χ3n) is 2.31. The molecule has 1 aromatic carbocycles. The zero-order chi connectivity index (χ0) is 12.1. The summed E-state index contributed by atoms with van der Waals surface area (Å²) in [5.74, 6) is 1.71. The van der Waals surface area contributed by atoms with Crippen LogP contribution in [0.1, 0.15) is 19.1 Å². The Balaban J connectivity index is 2.11. The molecule has 0 saturated carbocycles. The molecule has 0 spiro atoms. The van der Waals surface area contributed by atoms with Gasteiger partial charge in [0.25, 0.3) is 0 Å². The molecule has 0 unspecified atom stereocenters. The van der Waals surface area contributed by atoms with E-state index in [9.17, 15) is 0 Å². The van der Waals surface area contributed by atoms with E-state index in [0.717, 1.165) is 35.8 Å². The van der Waals surface area contributed by atoms with Gasteiger partial charge in [0.2, 0.25) is 0 Å². The van der Waals surface area contributed by atoms with Crippen LogP contribution in [0.5, 0.6) is 5.75 Å². The molecular formula is C13H14BrNO2. The quantitative estimate of drug-likeness (QED) is 0.781. The lowest BCUT2D eigenvalue weighted by molar-refractivity contribution is 0.317. The van der Waals surface area contributed by atoms with Crippen molar-refractivity contribution in [2.45, 2.75) is 18.7 Å². The summed E-state index contributed by atoms with van der Waals surface area (Å²) in [4.78, 5) is 0. The zero-order valence-corrected chi connectivity index (χ0v) is 11.2. The normalized spacial score (nSPS) is 10.5. The number of alkyl halides is 1. The van der Waals surface area contributed by atoms with E-state index in [2.05, 4.69) is 28.0 Å². The average molecular weight is 296 g/mol. The Kier molecular flexibility index (Phi) is 4.20. The molecule has 0 N–H and O–H groups in total. The minimum absolute atomic E-state index is 0.678. The summed E-state index contributed by atoms with van der Waals surface area (Å²) in [7, 11) is 0. The van der Waals surface area contributed by atoms with Gasteiger partial charge in [0, 0.05) is 11.6 Å². The van der Waals surface area contributed by atoms with Gasteiger partial charge in [-0.05, 0) is 30.7 Å². The van der Waals surface area contributed by atoms with Crippen LogP contribution in [0.15, 0.2) is 34.9 Å². The highest BCUT2D eigenvalue weighted by atomic mass is 79.9. The van der Waals surface area contributed by atoms with E-state index < -0.39 is 0 Å². The maximum Gasteiger partial charge on any atom is 0.147 e. The van der Waals surface area contributed by atoms with Gasteiger partial charge in [-0.25, -0.2) is 0 Å². The highest BCUT2D eigenvalue weighted by Crippen LogP contribution is 2.23. The van der Waals surface area contributed by atoms with Crippen LogP contribution in [0.2, 0.25) is 0 Å². The summed E-state index contributed by atoms with van der Waals surface area (Å²) < 4.78 is 10.7. The van der Waals surface area contributed by atoms with Gasteiger partial charge in [0.05, 0.1) is 11.9 Å². The third-order valence-corrected chi connectivity index (χ3v) is 2.87. The van der Waals surface area contributed by atoms with Crippen LogP contribution in [0, 0.1) is 0 Å². The van der Waals surface area contributed by atoms with Crippen LogP contribution >= 0.6 is 15.9 Å². The first-order chi connectivity index (χ1) is 8.33. The summed E-state index contributed by atoms with van der Waals surface area (Å²) in [5.41, 5.74) is 1.88. The van der Waals surface area contributed by atoms with Crippen molar-refractivity contribution in [3.05, 3.63) is 36.1 Å². The SMILES string of the molecule is CCCOc1ccc(-c2cc(CBr)on2)cc1. The zero-order valence-electron chi connectivity index (χ0n) is 9.65. The molecule has 2 aromatic rings. The Labute approximate surface area is 109 Å². The van der Waals surface area contributed by atoms with E-state index in [0.29, 0.717) is 5.33 Å². The third kappa shape index (κ3) is 3.09. The van der Waals surface area contributed by atoms with Crippen molar-refractivity contribution < 1.29 is 9.26 Å². The van der Waals surface area contributed by atoms with Crippen LogP contribution in [0.4, 0.5) is 0 Å². The van der Waals surface area contributed by atoms with Gasteiger partial charge in [-0.1, -0.05) is 28.0 Å². The fourth-order valence-electron chi connectivity index (χ4n) is 1.45. The largest absolute Gasteiger partial charge is 0.494 e. The van der Waals surface area contributed by atoms with Crippen molar-refractivity contribution in [2.75, 3.05) is 6.61 Å². The number of benzene rings is 1. The second kappa shape index (κ2) is 5.87. The first kappa shape index (κ1) is 12.2. The molecule has 90 valence electrons. The molecule has 0 aliphatic carbocycles. The van der Waals surface area contributed by atoms with Crippen molar-refractivity contribution >= 4 is 15.9 Å². The summed E-state index contributed by atoms with van der Waals surface area (Å²) >= 11 is 3.33. The van der Waals surface area contributed by atoms with Crippen LogP contribution in [-0.4, -0.2) is 11.8 Å². The number of halogens is 1. The molecule has 0 aliphatic heterocycles. The topological polar surface area (TPSA) is 35.3 Å². The molecule has 4 heteroatoms. The summed E-state index contributed by atoms with van der Waals surface area (Å²) in [6, 6.07) is 9.80. The number of nitrogens with zero attached hydrogens (tertiary/aromatic N) is 1. The minimum Gasteiger partial charge on any atom is -0.494 e. The van der Waals surface area contributed by atoms with Crippen molar-refractivity contribution in [2.24, 2.45) is 0 Å². The van der Waals surface area contributed by atoms with Gasteiger partial charge < -0.3 is 9.26 Å². The van der Waals surface area contributed by atoms with E-state index in [-0.39, 0.29) is 0 Å². The Morgan fingerprint density at radius 3 is 2.65 bits per heavy atom. The molecule has 1 aromatic heterocycles. The molecule has 1 heterocycles. The Morgan fingerprint density at radius 1 is 1.29 bits per heavy atom. The molecule has 0 amide bonds. The van der Waals surface area contributed by atoms with Gasteiger partial charge in [-0.3, -0.25) is 0 Å². The van der Waals surface area contributed by atoms with Crippen LogP contribution in [0.3, 0.4) is 0 Å². The van der Waals surface area contributed by atoms with E-state index in [1.165, 1.54) is 0 Å². The van der Waals surface area contributed by atoms with Gasteiger partial charge >= 0.3 is 0 Å². The highest BCUT2D eigenvalue weighted by molar-refractivity contribution is 9.08. The van der Waals surface area contributed by atoms with Gasteiger partial charge in [-0.2, -0.15) is 0 Å². The molecule has 0 radical (unpaired) electrons. The Bertz CT molecular complexity index is 465. The number of ether oxygens (including phenoxy) is 1. The second-order valence-electron chi connectivity index (χ2n) is 3.68. The van der Waals surface area contributed by atoms with E-state index in [1.807, 2.05) is 30.3 Å². The fourth-order valence-corrected chi connectivity index (χ4v) is 1.72. The number of aromatic nitrogens is 1. The van der Waals surface area contributed by atoms with E-state index in [1.54, 1.807) is 0 Å². The molecule has 2 rings (SSSR count). The van der Waals surface area contributed by atoms with Crippen molar-refractivity contribution in [3.63, 3.8) is 0 Å². The number of hydrogen-bond acceptors (Lipinski definition) is 3. The highest BCUT2D eigenvalue weighted by Gasteiger charge is 2.05. The molecule has 17 heavy (non-hydrogen) atoms. The van der Waals surface area contributed by atoms with Gasteiger partial charge in [0.15, 0.2) is 0 Å².